The molecule has 132 valence electrons. The molecule has 1 N–H and O–H groups in total. The van der Waals surface area contributed by atoms with Crippen molar-refractivity contribution in [2.45, 2.75) is 12.8 Å². The average Bonchev–Trinajstić information content (AvgIpc) is 3.10. The second-order valence-electron chi connectivity index (χ2n) is 5.97. The molecule has 2 aromatic carbocycles. The first-order valence-electron chi connectivity index (χ1n) is 8.31. The number of amides is 1. The number of ether oxygens (including phenoxy) is 2. The molecule has 0 saturated heterocycles. The van der Waals surface area contributed by atoms with Crippen LogP contribution in [0, 0.1) is 0 Å². The monoisotopic (exact) mass is 366 g/mol. The molecule has 0 fully saturated rings. The number of aromatic nitrogens is 1. The third kappa shape index (κ3) is 2.93. The van der Waals surface area contributed by atoms with Gasteiger partial charge in [-0.3, -0.25) is 10.1 Å². The van der Waals surface area contributed by atoms with Gasteiger partial charge in [0.15, 0.2) is 5.13 Å². The van der Waals surface area contributed by atoms with E-state index in [1.165, 1.54) is 21.8 Å². The van der Waals surface area contributed by atoms with Crippen LogP contribution >= 0.6 is 11.3 Å². The number of benzene rings is 2. The van der Waals surface area contributed by atoms with Crippen molar-refractivity contribution in [2.24, 2.45) is 0 Å². The number of fused-ring (bicyclic) bond motifs is 3. The Labute approximate surface area is 155 Å². The third-order valence-corrected chi connectivity index (χ3v) is 5.49. The van der Waals surface area contributed by atoms with Crippen molar-refractivity contribution in [1.29, 1.82) is 0 Å². The van der Waals surface area contributed by atoms with Gasteiger partial charge in [-0.15, -0.1) is 11.3 Å². The van der Waals surface area contributed by atoms with Gasteiger partial charge in [0.2, 0.25) is 0 Å². The number of carbonyl (C=O) groups excluding carboxylic acids is 1. The lowest BCUT2D eigenvalue weighted by molar-refractivity contribution is 0.102. The van der Waals surface area contributed by atoms with Crippen molar-refractivity contribution in [2.75, 3.05) is 19.5 Å². The van der Waals surface area contributed by atoms with Crippen LogP contribution in [0.2, 0.25) is 0 Å². The van der Waals surface area contributed by atoms with E-state index in [2.05, 4.69) is 16.4 Å². The summed E-state index contributed by atoms with van der Waals surface area (Å²) in [5.41, 5.74) is 3.79. The maximum atomic E-state index is 12.6. The molecule has 1 aliphatic carbocycles. The van der Waals surface area contributed by atoms with Gasteiger partial charge < -0.3 is 9.47 Å². The summed E-state index contributed by atoms with van der Waals surface area (Å²) in [6.45, 7) is 0. The summed E-state index contributed by atoms with van der Waals surface area (Å²) in [6.07, 6.45) is 1.86. The second kappa shape index (κ2) is 6.80. The van der Waals surface area contributed by atoms with Gasteiger partial charge in [-0.25, -0.2) is 4.98 Å². The van der Waals surface area contributed by atoms with Crippen LogP contribution in [-0.2, 0) is 12.8 Å². The Bertz CT molecular complexity index is 981. The van der Waals surface area contributed by atoms with E-state index in [4.69, 9.17) is 9.47 Å². The lowest BCUT2D eigenvalue weighted by Crippen LogP contribution is -2.12. The van der Waals surface area contributed by atoms with E-state index in [-0.39, 0.29) is 5.91 Å². The summed E-state index contributed by atoms with van der Waals surface area (Å²) in [6, 6.07) is 13.2. The number of anilines is 1. The summed E-state index contributed by atoms with van der Waals surface area (Å²) in [7, 11) is 3.23. The van der Waals surface area contributed by atoms with Gasteiger partial charge in [0, 0.05) is 10.4 Å². The van der Waals surface area contributed by atoms with Gasteiger partial charge in [-0.05, 0) is 48.7 Å². The van der Waals surface area contributed by atoms with Crippen LogP contribution in [0.25, 0.3) is 11.3 Å². The molecule has 0 unspecified atom stereocenters. The number of para-hydroxylation sites is 1. The van der Waals surface area contributed by atoms with Crippen molar-refractivity contribution < 1.29 is 14.3 Å². The quantitative estimate of drug-likeness (QED) is 0.752. The van der Waals surface area contributed by atoms with Crippen LogP contribution in [0.4, 0.5) is 5.13 Å². The SMILES string of the molecule is COc1ccc2c(c1)CCc1sc(NC(=O)c3ccccc3OC)nc1-2. The Hall–Kier alpha value is -2.86. The normalized spacial score (nSPS) is 12.1. The maximum Gasteiger partial charge on any atom is 0.261 e. The molecule has 0 spiro atoms. The maximum absolute atomic E-state index is 12.6. The molecule has 1 aromatic heterocycles. The standard InChI is InChI=1S/C20H18N2O3S/c1-24-13-8-9-14-12(11-13)7-10-17-18(14)21-20(26-17)22-19(23)15-5-3-4-6-16(15)25-2/h3-6,8-9,11H,7,10H2,1-2H3,(H,21,22,23). The highest BCUT2D eigenvalue weighted by atomic mass is 32.1. The molecule has 5 nitrogen and oxygen atoms in total. The predicted molar refractivity (Wildman–Crippen MR) is 102 cm³/mol. The first-order valence-corrected chi connectivity index (χ1v) is 9.12. The fraction of sp³-hybridized carbons (Fsp3) is 0.200. The molecular formula is C20H18N2O3S. The zero-order chi connectivity index (χ0) is 18.1. The molecule has 1 amide bonds. The molecule has 0 bridgehead atoms. The second-order valence-corrected chi connectivity index (χ2v) is 7.05. The van der Waals surface area contributed by atoms with E-state index in [9.17, 15) is 4.79 Å². The van der Waals surface area contributed by atoms with Crippen LogP contribution in [0.5, 0.6) is 11.5 Å². The molecular weight excluding hydrogens is 348 g/mol. The van der Waals surface area contributed by atoms with Crippen LogP contribution in [-0.4, -0.2) is 25.1 Å². The number of nitrogens with zero attached hydrogens (tertiary/aromatic N) is 1. The molecule has 3 aromatic rings. The molecule has 0 radical (unpaired) electrons. The minimum atomic E-state index is -0.219. The third-order valence-electron chi connectivity index (χ3n) is 4.46. The Morgan fingerprint density at radius 2 is 1.96 bits per heavy atom. The van der Waals surface area contributed by atoms with Crippen molar-refractivity contribution in [3.05, 3.63) is 58.5 Å². The van der Waals surface area contributed by atoms with Gasteiger partial charge in [-0.1, -0.05) is 12.1 Å². The molecule has 6 heteroatoms. The largest absolute Gasteiger partial charge is 0.497 e. The van der Waals surface area contributed by atoms with Crippen molar-refractivity contribution in [1.82, 2.24) is 4.98 Å². The van der Waals surface area contributed by atoms with Gasteiger partial charge in [0.1, 0.15) is 11.5 Å². The summed E-state index contributed by atoms with van der Waals surface area (Å²) in [5, 5.41) is 3.51. The minimum Gasteiger partial charge on any atom is -0.497 e. The topological polar surface area (TPSA) is 60.5 Å². The van der Waals surface area contributed by atoms with Crippen molar-refractivity contribution in [3.63, 3.8) is 0 Å². The van der Waals surface area contributed by atoms with Crippen LogP contribution < -0.4 is 14.8 Å². The number of carbonyl (C=O) groups is 1. The number of thiazole rings is 1. The number of hydrogen-bond donors (Lipinski definition) is 1. The van der Waals surface area contributed by atoms with E-state index in [1.807, 2.05) is 24.3 Å². The molecule has 1 heterocycles. The molecule has 4 rings (SSSR count). The molecule has 0 atom stereocenters. The minimum absolute atomic E-state index is 0.219. The number of aryl methyl sites for hydroxylation is 2. The highest BCUT2D eigenvalue weighted by Crippen LogP contribution is 2.39. The lowest BCUT2D eigenvalue weighted by Gasteiger charge is -2.15. The Balaban J connectivity index is 1.63. The Morgan fingerprint density at radius 3 is 2.77 bits per heavy atom. The Morgan fingerprint density at radius 1 is 1.12 bits per heavy atom. The molecule has 0 saturated carbocycles. The lowest BCUT2D eigenvalue weighted by atomic mass is 9.93. The van der Waals surface area contributed by atoms with Gasteiger partial charge in [0.25, 0.3) is 5.91 Å². The predicted octanol–water partition coefficient (Wildman–Crippen LogP) is 4.18. The summed E-state index contributed by atoms with van der Waals surface area (Å²) in [4.78, 5) is 18.5. The number of methoxy groups -OCH3 is 2. The van der Waals surface area contributed by atoms with Crippen LogP contribution in [0.3, 0.4) is 0 Å². The van der Waals surface area contributed by atoms with Gasteiger partial charge in [-0.2, -0.15) is 0 Å². The van der Waals surface area contributed by atoms with E-state index in [0.29, 0.717) is 16.4 Å². The molecule has 26 heavy (non-hydrogen) atoms. The molecule has 0 aliphatic heterocycles. The highest BCUT2D eigenvalue weighted by molar-refractivity contribution is 7.16. The van der Waals surface area contributed by atoms with Crippen molar-refractivity contribution >= 4 is 22.4 Å². The fourth-order valence-corrected chi connectivity index (χ4v) is 4.14. The fourth-order valence-electron chi connectivity index (χ4n) is 3.16. The highest BCUT2D eigenvalue weighted by Gasteiger charge is 2.22. The first-order chi connectivity index (χ1) is 12.7. The number of hydrogen-bond acceptors (Lipinski definition) is 5. The molecule has 1 aliphatic rings. The smallest absolute Gasteiger partial charge is 0.261 e. The van der Waals surface area contributed by atoms with E-state index < -0.39 is 0 Å². The number of nitrogens with one attached hydrogen (secondary N) is 1. The van der Waals surface area contributed by atoms with E-state index in [1.54, 1.807) is 26.4 Å². The average molecular weight is 366 g/mol. The zero-order valence-electron chi connectivity index (χ0n) is 14.5. The summed E-state index contributed by atoms with van der Waals surface area (Å²) in [5.74, 6) is 1.18. The van der Waals surface area contributed by atoms with Gasteiger partial charge >= 0.3 is 0 Å². The van der Waals surface area contributed by atoms with Crippen LogP contribution in [0.15, 0.2) is 42.5 Å². The van der Waals surface area contributed by atoms with E-state index in [0.717, 1.165) is 29.8 Å². The summed E-state index contributed by atoms with van der Waals surface area (Å²) < 4.78 is 10.6. The Kier molecular flexibility index (Phi) is 4.34. The van der Waals surface area contributed by atoms with Gasteiger partial charge in [0.05, 0.1) is 25.5 Å². The zero-order valence-corrected chi connectivity index (χ0v) is 15.4. The number of rotatable bonds is 4. The van der Waals surface area contributed by atoms with Crippen LogP contribution in [0.1, 0.15) is 20.8 Å². The van der Waals surface area contributed by atoms with Crippen molar-refractivity contribution in [3.8, 4) is 22.8 Å². The van der Waals surface area contributed by atoms with E-state index >= 15 is 0 Å². The first kappa shape index (κ1) is 16.6. The summed E-state index contributed by atoms with van der Waals surface area (Å²) >= 11 is 1.53.